The van der Waals surface area contributed by atoms with Crippen LogP contribution in [0.25, 0.3) is 0 Å². The van der Waals surface area contributed by atoms with Crippen molar-refractivity contribution in [1.82, 2.24) is 4.90 Å². The van der Waals surface area contributed by atoms with E-state index in [-0.39, 0.29) is 18.1 Å². The SMILES string of the molecule is CN(C)C(=O)c1cccc(NC(=O)CNc2ccc(F)c(C(F)(F)F)c2)c1. The fraction of sp³-hybridized carbons (Fsp3) is 0.222. The van der Waals surface area contributed by atoms with Gasteiger partial charge in [-0.3, -0.25) is 9.59 Å². The van der Waals surface area contributed by atoms with Crippen molar-refractivity contribution in [2.75, 3.05) is 31.3 Å². The molecule has 9 heteroatoms. The summed E-state index contributed by atoms with van der Waals surface area (Å²) in [6, 6.07) is 8.62. The molecule has 27 heavy (non-hydrogen) atoms. The van der Waals surface area contributed by atoms with E-state index in [0.29, 0.717) is 23.4 Å². The summed E-state index contributed by atoms with van der Waals surface area (Å²) < 4.78 is 51.3. The fourth-order valence-corrected chi connectivity index (χ4v) is 2.23. The molecule has 2 amide bonds. The molecule has 0 fully saturated rings. The smallest absolute Gasteiger partial charge is 0.376 e. The topological polar surface area (TPSA) is 61.4 Å². The number of nitrogens with zero attached hydrogens (tertiary/aromatic N) is 1. The number of carbonyl (C=O) groups is 2. The molecule has 0 bridgehead atoms. The first-order valence-electron chi connectivity index (χ1n) is 7.80. The molecule has 2 aromatic carbocycles. The maximum absolute atomic E-state index is 13.3. The predicted molar refractivity (Wildman–Crippen MR) is 93.0 cm³/mol. The van der Waals surface area contributed by atoms with Gasteiger partial charge < -0.3 is 15.5 Å². The molecule has 0 unspecified atom stereocenters. The highest BCUT2D eigenvalue weighted by Crippen LogP contribution is 2.32. The summed E-state index contributed by atoms with van der Waals surface area (Å²) in [6.45, 7) is -0.339. The van der Waals surface area contributed by atoms with Crippen LogP contribution in [-0.2, 0) is 11.0 Å². The number of anilines is 2. The highest BCUT2D eigenvalue weighted by Gasteiger charge is 2.34. The van der Waals surface area contributed by atoms with Crippen LogP contribution < -0.4 is 10.6 Å². The van der Waals surface area contributed by atoms with Gasteiger partial charge in [0.25, 0.3) is 5.91 Å². The number of hydrogen-bond donors (Lipinski definition) is 2. The Balaban J connectivity index is 2.01. The Bertz CT molecular complexity index is 851. The van der Waals surface area contributed by atoms with Crippen LogP contribution in [-0.4, -0.2) is 37.4 Å². The third-order valence-electron chi connectivity index (χ3n) is 3.52. The van der Waals surface area contributed by atoms with Crippen LogP contribution in [0.1, 0.15) is 15.9 Å². The lowest BCUT2D eigenvalue weighted by molar-refractivity contribution is -0.139. The Morgan fingerprint density at radius 3 is 2.37 bits per heavy atom. The molecule has 0 aliphatic carbocycles. The van der Waals surface area contributed by atoms with Gasteiger partial charge >= 0.3 is 6.18 Å². The third-order valence-corrected chi connectivity index (χ3v) is 3.52. The van der Waals surface area contributed by atoms with E-state index in [4.69, 9.17) is 0 Å². The van der Waals surface area contributed by atoms with Crippen molar-refractivity contribution in [1.29, 1.82) is 0 Å². The number of carbonyl (C=O) groups excluding carboxylic acids is 2. The van der Waals surface area contributed by atoms with Crippen LogP contribution in [0.3, 0.4) is 0 Å². The summed E-state index contributed by atoms with van der Waals surface area (Å²) in [5, 5.41) is 5.04. The molecule has 144 valence electrons. The highest BCUT2D eigenvalue weighted by atomic mass is 19.4. The van der Waals surface area contributed by atoms with Crippen molar-refractivity contribution < 1.29 is 27.2 Å². The second-order valence-electron chi connectivity index (χ2n) is 5.87. The number of benzene rings is 2. The van der Waals surface area contributed by atoms with Crippen LogP contribution in [0.15, 0.2) is 42.5 Å². The van der Waals surface area contributed by atoms with Gasteiger partial charge in [0.05, 0.1) is 12.1 Å². The van der Waals surface area contributed by atoms with Gasteiger partial charge in [0.15, 0.2) is 0 Å². The number of alkyl halides is 3. The molecule has 2 aromatic rings. The summed E-state index contributed by atoms with van der Waals surface area (Å²) >= 11 is 0. The normalized spacial score (nSPS) is 11.0. The lowest BCUT2D eigenvalue weighted by Gasteiger charge is -2.13. The molecule has 0 saturated heterocycles. The minimum atomic E-state index is -4.83. The van der Waals surface area contributed by atoms with Gasteiger partial charge in [0, 0.05) is 31.0 Å². The Labute approximate surface area is 153 Å². The maximum Gasteiger partial charge on any atom is 0.419 e. The number of halogens is 4. The van der Waals surface area contributed by atoms with E-state index < -0.39 is 23.5 Å². The van der Waals surface area contributed by atoms with Crippen molar-refractivity contribution in [3.63, 3.8) is 0 Å². The first-order valence-corrected chi connectivity index (χ1v) is 7.80. The molecule has 2 N–H and O–H groups in total. The Kier molecular flexibility index (Phi) is 6.04. The molecule has 0 aliphatic heterocycles. The molecule has 0 saturated carbocycles. The number of rotatable bonds is 5. The minimum absolute atomic E-state index is 0.0459. The molecule has 0 aliphatic rings. The monoisotopic (exact) mass is 383 g/mol. The lowest BCUT2D eigenvalue weighted by atomic mass is 10.1. The van der Waals surface area contributed by atoms with E-state index in [0.717, 1.165) is 6.07 Å². The first-order chi connectivity index (χ1) is 12.6. The number of hydrogen-bond acceptors (Lipinski definition) is 3. The van der Waals surface area contributed by atoms with Gasteiger partial charge in [0.1, 0.15) is 5.82 Å². The average molecular weight is 383 g/mol. The fourth-order valence-electron chi connectivity index (χ4n) is 2.23. The van der Waals surface area contributed by atoms with Gasteiger partial charge in [-0.2, -0.15) is 13.2 Å². The zero-order chi connectivity index (χ0) is 20.2. The van der Waals surface area contributed by atoms with Gasteiger partial charge in [-0.1, -0.05) is 6.07 Å². The molecule has 0 atom stereocenters. The van der Waals surface area contributed by atoms with Gasteiger partial charge in [-0.15, -0.1) is 0 Å². The Hall–Kier alpha value is -3.10. The zero-order valence-electron chi connectivity index (χ0n) is 14.5. The van der Waals surface area contributed by atoms with Crippen molar-refractivity contribution in [3.8, 4) is 0 Å². The van der Waals surface area contributed by atoms with Crippen LogP contribution in [0, 0.1) is 5.82 Å². The van der Waals surface area contributed by atoms with Crippen molar-refractivity contribution in [3.05, 3.63) is 59.4 Å². The zero-order valence-corrected chi connectivity index (χ0v) is 14.5. The van der Waals surface area contributed by atoms with E-state index in [1.165, 1.54) is 11.0 Å². The molecule has 5 nitrogen and oxygen atoms in total. The van der Waals surface area contributed by atoms with Gasteiger partial charge in [-0.25, -0.2) is 4.39 Å². The summed E-state index contributed by atoms with van der Waals surface area (Å²) in [5.74, 6) is -2.17. The summed E-state index contributed by atoms with van der Waals surface area (Å²) in [4.78, 5) is 25.3. The predicted octanol–water partition coefficient (Wildman–Crippen LogP) is 3.60. The van der Waals surface area contributed by atoms with Crippen molar-refractivity contribution >= 4 is 23.2 Å². The van der Waals surface area contributed by atoms with E-state index in [9.17, 15) is 27.2 Å². The highest BCUT2D eigenvalue weighted by molar-refractivity contribution is 5.97. The molecular formula is C18H17F4N3O2. The third kappa shape index (κ3) is 5.44. The molecular weight excluding hydrogens is 366 g/mol. The van der Waals surface area contributed by atoms with Crippen LogP contribution in [0.2, 0.25) is 0 Å². The van der Waals surface area contributed by atoms with Gasteiger partial charge in [-0.05, 0) is 36.4 Å². The van der Waals surface area contributed by atoms with E-state index >= 15 is 0 Å². The van der Waals surface area contributed by atoms with Gasteiger partial charge in [0.2, 0.25) is 5.91 Å². The van der Waals surface area contributed by atoms with Crippen LogP contribution in [0.5, 0.6) is 0 Å². The van der Waals surface area contributed by atoms with E-state index in [1.807, 2.05) is 0 Å². The number of amides is 2. The Morgan fingerprint density at radius 2 is 1.74 bits per heavy atom. The van der Waals surface area contributed by atoms with Crippen LogP contribution in [0.4, 0.5) is 28.9 Å². The number of nitrogens with one attached hydrogen (secondary N) is 2. The van der Waals surface area contributed by atoms with E-state index in [1.54, 1.807) is 32.3 Å². The second kappa shape index (κ2) is 8.07. The first kappa shape index (κ1) is 20.2. The second-order valence-corrected chi connectivity index (χ2v) is 5.87. The lowest BCUT2D eigenvalue weighted by Crippen LogP contribution is -2.23. The van der Waals surface area contributed by atoms with Crippen molar-refractivity contribution in [2.24, 2.45) is 0 Å². The van der Waals surface area contributed by atoms with Crippen LogP contribution >= 0.6 is 0 Å². The summed E-state index contributed by atoms with van der Waals surface area (Å²) in [6.07, 6.45) is -4.83. The Morgan fingerprint density at radius 1 is 1.04 bits per heavy atom. The molecule has 0 radical (unpaired) electrons. The molecule has 2 rings (SSSR count). The molecule has 0 aromatic heterocycles. The van der Waals surface area contributed by atoms with Crippen molar-refractivity contribution in [2.45, 2.75) is 6.18 Å². The largest absolute Gasteiger partial charge is 0.419 e. The summed E-state index contributed by atoms with van der Waals surface area (Å²) in [7, 11) is 3.19. The van der Waals surface area contributed by atoms with E-state index in [2.05, 4.69) is 10.6 Å². The summed E-state index contributed by atoms with van der Waals surface area (Å²) in [5.41, 5.74) is -0.720. The molecule has 0 spiro atoms. The average Bonchev–Trinajstić information content (AvgIpc) is 2.59. The quantitative estimate of drug-likeness (QED) is 0.776. The molecule has 0 heterocycles. The maximum atomic E-state index is 13.3. The minimum Gasteiger partial charge on any atom is -0.376 e. The standard InChI is InChI=1S/C18H17F4N3O2/c1-25(2)17(27)11-4-3-5-13(8-11)24-16(26)10-23-12-6-7-15(19)14(9-12)18(20,21)22/h3-9,23H,10H2,1-2H3,(H,24,26).